The molecule has 3 nitrogen and oxygen atoms in total. The molecule has 0 aliphatic carbocycles. The van der Waals surface area contributed by atoms with Crippen LogP contribution in [0.2, 0.25) is 0 Å². The number of aromatic nitrogens is 2. The van der Waals surface area contributed by atoms with Crippen molar-refractivity contribution in [2.24, 2.45) is 0 Å². The smallest absolute Gasteiger partial charge is 0.267 e. The Hall–Kier alpha value is -1.49. The first-order chi connectivity index (χ1) is 7.66. The van der Waals surface area contributed by atoms with Crippen molar-refractivity contribution < 1.29 is 4.39 Å². The van der Waals surface area contributed by atoms with Gasteiger partial charge in [-0.1, -0.05) is 22.0 Å². The van der Waals surface area contributed by atoms with Gasteiger partial charge in [-0.05, 0) is 18.2 Å². The van der Waals surface area contributed by atoms with E-state index in [9.17, 15) is 9.18 Å². The maximum absolute atomic E-state index is 13.5. The fraction of sp³-hybridized carbons (Fsp3) is 0.0909. The Bertz CT molecular complexity index is 568. The lowest BCUT2D eigenvalue weighted by atomic mass is 10.2. The third-order valence-corrected chi connectivity index (χ3v) is 2.61. The molecule has 82 valence electrons. The molecule has 0 aliphatic heterocycles. The average Bonchev–Trinajstić information content (AvgIpc) is 2.25. The van der Waals surface area contributed by atoms with Crippen LogP contribution in [0, 0.1) is 5.82 Å². The molecule has 0 unspecified atom stereocenters. The number of hydrogen-bond donors (Lipinski definition) is 0. The lowest BCUT2D eigenvalue weighted by Gasteiger charge is -2.05. The minimum Gasteiger partial charge on any atom is -0.268 e. The van der Waals surface area contributed by atoms with E-state index in [1.165, 1.54) is 23.0 Å². The van der Waals surface area contributed by atoms with E-state index in [0.29, 0.717) is 10.0 Å². The van der Waals surface area contributed by atoms with Crippen molar-refractivity contribution in [3.8, 4) is 0 Å². The Morgan fingerprint density at radius 2 is 2.19 bits per heavy atom. The third kappa shape index (κ3) is 2.36. The summed E-state index contributed by atoms with van der Waals surface area (Å²) in [6.45, 7) is 0.138. The highest BCUT2D eigenvalue weighted by molar-refractivity contribution is 9.10. The maximum Gasteiger partial charge on any atom is 0.267 e. The van der Waals surface area contributed by atoms with Crippen LogP contribution in [-0.4, -0.2) is 9.78 Å². The fourth-order valence-corrected chi connectivity index (χ4v) is 1.65. The summed E-state index contributed by atoms with van der Waals surface area (Å²) in [6, 6.07) is 7.66. The highest BCUT2D eigenvalue weighted by Gasteiger charge is 2.04. The van der Waals surface area contributed by atoms with E-state index in [0.717, 1.165) is 0 Å². The maximum atomic E-state index is 13.5. The third-order valence-electron chi connectivity index (χ3n) is 2.12. The molecule has 0 N–H and O–H groups in total. The van der Waals surface area contributed by atoms with Gasteiger partial charge in [0, 0.05) is 22.3 Å². The summed E-state index contributed by atoms with van der Waals surface area (Å²) in [5, 5.41) is 3.86. The highest BCUT2D eigenvalue weighted by atomic mass is 79.9. The molecule has 2 aromatic rings. The summed E-state index contributed by atoms with van der Waals surface area (Å²) < 4.78 is 15.4. The van der Waals surface area contributed by atoms with Crippen molar-refractivity contribution in [1.82, 2.24) is 9.78 Å². The molecule has 1 aromatic heterocycles. The monoisotopic (exact) mass is 282 g/mol. The van der Waals surface area contributed by atoms with Gasteiger partial charge < -0.3 is 0 Å². The molecule has 0 saturated heterocycles. The second-order valence-corrected chi connectivity index (χ2v) is 4.17. The van der Waals surface area contributed by atoms with Gasteiger partial charge in [0.05, 0.1) is 6.54 Å². The Labute approximate surface area is 99.7 Å². The predicted molar refractivity (Wildman–Crippen MR) is 61.7 cm³/mol. The molecule has 0 amide bonds. The van der Waals surface area contributed by atoms with Gasteiger partial charge in [-0.25, -0.2) is 9.07 Å². The van der Waals surface area contributed by atoms with Gasteiger partial charge in [-0.3, -0.25) is 4.79 Å². The van der Waals surface area contributed by atoms with Crippen LogP contribution in [-0.2, 0) is 6.54 Å². The Morgan fingerprint density at radius 1 is 1.38 bits per heavy atom. The van der Waals surface area contributed by atoms with Crippen LogP contribution < -0.4 is 5.56 Å². The summed E-state index contributed by atoms with van der Waals surface area (Å²) in [7, 11) is 0. The molecule has 16 heavy (non-hydrogen) atoms. The lowest BCUT2D eigenvalue weighted by molar-refractivity contribution is 0.571. The summed E-state index contributed by atoms with van der Waals surface area (Å²) in [5.41, 5.74) is 0.189. The van der Waals surface area contributed by atoms with Crippen molar-refractivity contribution >= 4 is 15.9 Å². The first-order valence-electron chi connectivity index (χ1n) is 4.63. The number of hydrogen-bond acceptors (Lipinski definition) is 2. The van der Waals surface area contributed by atoms with Crippen LogP contribution in [0.25, 0.3) is 0 Å². The van der Waals surface area contributed by atoms with Crippen LogP contribution in [0.3, 0.4) is 0 Å². The largest absolute Gasteiger partial charge is 0.268 e. The first kappa shape index (κ1) is 11.0. The number of rotatable bonds is 2. The Balaban J connectivity index is 2.35. The van der Waals surface area contributed by atoms with E-state index in [2.05, 4.69) is 21.0 Å². The predicted octanol–water partition coefficient (Wildman–Crippen LogP) is 2.19. The second-order valence-electron chi connectivity index (χ2n) is 3.26. The molecule has 0 fully saturated rings. The first-order valence-corrected chi connectivity index (χ1v) is 5.42. The molecule has 1 heterocycles. The molecular weight excluding hydrogens is 275 g/mol. The molecule has 0 saturated carbocycles. The van der Waals surface area contributed by atoms with Gasteiger partial charge >= 0.3 is 0 Å². The van der Waals surface area contributed by atoms with Crippen LogP contribution in [0.1, 0.15) is 5.56 Å². The van der Waals surface area contributed by atoms with Crippen LogP contribution in [0.15, 0.2) is 45.8 Å². The second kappa shape index (κ2) is 4.57. The number of benzene rings is 1. The summed E-state index contributed by atoms with van der Waals surface area (Å²) in [5.74, 6) is -0.355. The molecule has 2 rings (SSSR count). The molecule has 5 heteroatoms. The topological polar surface area (TPSA) is 34.9 Å². The van der Waals surface area contributed by atoms with Crippen LogP contribution >= 0.6 is 15.9 Å². The van der Waals surface area contributed by atoms with E-state index >= 15 is 0 Å². The van der Waals surface area contributed by atoms with Crippen molar-refractivity contribution in [2.75, 3.05) is 0 Å². The van der Waals surface area contributed by atoms with Crippen molar-refractivity contribution in [3.63, 3.8) is 0 Å². The summed E-state index contributed by atoms with van der Waals surface area (Å²) in [4.78, 5) is 11.4. The lowest BCUT2D eigenvalue weighted by Crippen LogP contribution is -2.22. The van der Waals surface area contributed by atoms with Gasteiger partial charge in [0.1, 0.15) is 5.82 Å². The van der Waals surface area contributed by atoms with Crippen LogP contribution in [0.5, 0.6) is 0 Å². The number of halogens is 2. The zero-order valence-electron chi connectivity index (χ0n) is 8.23. The van der Waals surface area contributed by atoms with E-state index in [-0.39, 0.29) is 17.9 Å². The van der Waals surface area contributed by atoms with E-state index in [1.54, 1.807) is 18.2 Å². The summed E-state index contributed by atoms with van der Waals surface area (Å²) in [6.07, 6.45) is 1.50. The van der Waals surface area contributed by atoms with E-state index in [1.807, 2.05) is 0 Å². The molecule has 0 radical (unpaired) electrons. The normalized spacial score (nSPS) is 10.4. The molecular formula is C11H8BrFN2O. The average molecular weight is 283 g/mol. The molecule has 0 aliphatic rings. The number of nitrogens with zero attached hydrogens (tertiary/aromatic N) is 2. The molecule has 0 atom stereocenters. The van der Waals surface area contributed by atoms with Gasteiger partial charge in [-0.15, -0.1) is 0 Å². The Kier molecular flexibility index (Phi) is 3.14. The zero-order valence-corrected chi connectivity index (χ0v) is 9.82. The minimum atomic E-state index is -0.355. The van der Waals surface area contributed by atoms with Crippen LogP contribution in [0.4, 0.5) is 4.39 Å². The van der Waals surface area contributed by atoms with Gasteiger partial charge in [0.2, 0.25) is 0 Å². The van der Waals surface area contributed by atoms with Crippen molar-refractivity contribution in [1.29, 1.82) is 0 Å². The Morgan fingerprint density at radius 3 is 2.88 bits per heavy atom. The van der Waals surface area contributed by atoms with Crippen molar-refractivity contribution in [3.05, 3.63) is 62.7 Å². The standard InChI is InChI=1S/C11H8BrFN2O/c12-9-4-3-8(10(13)6-9)7-15-11(16)2-1-5-14-15/h1-6H,7H2. The molecule has 0 spiro atoms. The minimum absolute atomic E-state index is 0.138. The van der Waals surface area contributed by atoms with E-state index in [4.69, 9.17) is 0 Å². The summed E-state index contributed by atoms with van der Waals surface area (Å²) >= 11 is 3.17. The van der Waals surface area contributed by atoms with Gasteiger partial charge in [0.15, 0.2) is 0 Å². The SMILES string of the molecule is O=c1cccnn1Cc1ccc(Br)cc1F. The zero-order chi connectivity index (χ0) is 11.5. The van der Waals surface area contributed by atoms with Gasteiger partial charge in [0.25, 0.3) is 5.56 Å². The van der Waals surface area contributed by atoms with Gasteiger partial charge in [-0.2, -0.15) is 5.10 Å². The molecule has 1 aromatic carbocycles. The van der Waals surface area contributed by atoms with Crippen molar-refractivity contribution in [2.45, 2.75) is 6.54 Å². The highest BCUT2D eigenvalue weighted by Crippen LogP contribution is 2.15. The molecule has 0 bridgehead atoms. The van der Waals surface area contributed by atoms with E-state index < -0.39 is 0 Å². The quantitative estimate of drug-likeness (QED) is 0.846. The fourth-order valence-electron chi connectivity index (χ4n) is 1.32.